The average molecular weight is 649 g/mol. The third kappa shape index (κ3) is 50.8. The minimum absolute atomic E-state index is 0. The lowest BCUT2D eigenvalue weighted by Gasteiger charge is -2.29. The van der Waals surface area contributed by atoms with Gasteiger partial charge in [-0.3, -0.25) is 18.7 Å². The molecule has 35 heavy (non-hydrogen) atoms. The Hall–Kier alpha value is -0.880. The van der Waals surface area contributed by atoms with Gasteiger partial charge in [0, 0.05) is 0 Å². The summed E-state index contributed by atoms with van der Waals surface area (Å²) in [7, 11) is -4.67. The summed E-state index contributed by atoms with van der Waals surface area (Å²) in [5, 5.41) is 16.6. The van der Waals surface area contributed by atoms with E-state index in [4.69, 9.17) is 48.7 Å². The van der Waals surface area contributed by atoms with Crippen LogP contribution in [0.4, 0.5) is 0 Å². The van der Waals surface area contributed by atoms with Crippen molar-refractivity contribution >= 4 is 46.3 Å². The SMILES string of the molecule is C.C=C(C)C.C[C@H](O)[C@H](N)C(=O)O.C[C@H](OC(C)(C)C)[C@H](N)C(=O)OC(C)(C)C.I.O=S(=O)(O)O. The van der Waals surface area contributed by atoms with E-state index in [0.29, 0.717) is 0 Å². The number of ether oxygens (including phenoxy) is 2. The van der Waals surface area contributed by atoms with Crippen molar-refractivity contribution in [2.45, 2.75) is 112 Å². The maximum atomic E-state index is 11.7. The van der Waals surface area contributed by atoms with E-state index < -0.39 is 46.1 Å². The quantitative estimate of drug-likeness (QED) is 0.110. The molecule has 0 heterocycles. The summed E-state index contributed by atoms with van der Waals surface area (Å²) in [6.45, 7) is 21.8. The van der Waals surface area contributed by atoms with E-state index in [-0.39, 0.29) is 43.1 Å². The van der Waals surface area contributed by atoms with Crippen molar-refractivity contribution in [3.8, 4) is 0 Å². The van der Waals surface area contributed by atoms with Gasteiger partial charge >= 0.3 is 22.3 Å². The molecule has 0 radical (unpaired) electrons. The molecule has 0 fully saturated rings. The number of aliphatic carboxylic acids is 1. The van der Waals surface area contributed by atoms with Gasteiger partial charge in [-0.25, -0.2) is 0 Å². The van der Waals surface area contributed by atoms with Crippen molar-refractivity contribution in [1.82, 2.24) is 0 Å². The molecule has 0 amide bonds. The van der Waals surface area contributed by atoms with Crippen LogP contribution in [0.1, 0.15) is 76.7 Å². The van der Waals surface area contributed by atoms with Gasteiger partial charge < -0.3 is 31.2 Å². The normalized spacial score (nSPS) is 14.0. The zero-order valence-corrected chi connectivity index (χ0v) is 24.9. The highest BCUT2D eigenvalue weighted by molar-refractivity contribution is 14.0. The van der Waals surface area contributed by atoms with Crippen LogP contribution in [0.25, 0.3) is 0 Å². The molecule has 0 aromatic rings. The number of aliphatic hydroxyl groups is 1. The number of halogens is 1. The Morgan fingerprint density at radius 1 is 0.914 bits per heavy atom. The zero-order chi connectivity index (χ0) is 28.0. The van der Waals surface area contributed by atoms with E-state index in [2.05, 4.69) is 6.58 Å². The van der Waals surface area contributed by atoms with Gasteiger partial charge in [0.05, 0.1) is 17.8 Å². The minimum Gasteiger partial charge on any atom is -0.480 e. The van der Waals surface area contributed by atoms with Crippen LogP contribution < -0.4 is 11.5 Å². The van der Waals surface area contributed by atoms with Gasteiger partial charge in [-0.05, 0) is 69.2 Å². The summed E-state index contributed by atoms with van der Waals surface area (Å²) in [4.78, 5) is 21.5. The monoisotopic (exact) mass is 648 g/mol. The number of carbonyl (C=O) groups excluding carboxylic acids is 1. The summed E-state index contributed by atoms with van der Waals surface area (Å²) < 4.78 is 42.4. The van der Waals surface area contributed by atoms with Crippen LogP contribution in [0.15, 0.2) is 12.2 Å². The largest absolute Gasteiger partial charge is 0.480 e. The maximum absolute atomic E-state index is 11.7. The third-order valence-electron chi connectivity index (χ3n) is 2.53. The standard InChI is InChI=1S/C12H25NO3.C4H9NO3.C4H8.CH4.HI.H2O4S/c1-8(15-11(2,3)4)9(13)10(14)16-12(5,6)7;1-2(6)3(5)4(7)8;1-4(2)3;;;1-5(2,3)4/h8-9H,13H2,1-7H3;2-3,6H,5H2,1H3,(H,7,8);1H2,2-3H3;1H4;1H;(H2,1,2,3,4)/t8-,9-;2-,3-;;;;/m00..../s1. The number of rotatable bonds is 5. The molecule has 12 nitrogen and oxygen atoms in total. The van der Waals surface area contributed by atoms with Crippen LogP contribution in [0, 0.1) is 0 Å². The molecule has 8 N–H and O–H groups in total. The predicted molar refractivity (Wildman–Crippen MR) is 148 cm³/mol. The summed E-state index contributed by atoms with van der Waals surface area (Å²) in [6, 6.07) is -1.91. The number of hydrogen-bond donors (Lipinski definition) is 6. The van der Waals surface area contributed by atoms with Gasteiger partial charge in [0.2, 0.25) is 0 Å². The second-order valence-corrected chi connectivity index (χ2v) is 10.1. The molecular weight excluding hydrogens is 599 g/mol. The van der Waals surface area contributed by atoms with E-state index in [1.165, 1.54) is 12.5 Å². The smallest absolute Gasteiger partial charge is 0.394 e. The van der Waals surface area contributed by atoms with Gasteiger partial charge in [0.15, 0.2) is 0 Å². The highest BCUT2D eigenvalue weighted by atomic mass is 127. The highest BCUT2D eigenvalue weighted by Crippen LogP contribution is 2.15. The van der Waals surface area contributed by atoms with Crippen LogP contribution >= 0.6 is 24.0 Å². The highest BCUT2D eigenvalue weighted by Gasteiger charge is 2.29. The molecule has 216 valence electrons. The molecular formula is C21H49IN2O10S. The second kappa shape index (κ2) is 21.2. The number of carboxylic acid groups (broad SMARTS) is 1. The first-order chi connectivity index (χ1) is 14.2. The van der Waals surface area contributed by atoms with Crippen molar-refractivity contribution in [2.24, 2.45) is 11.5 Å². The summed E-state index contributed by atoms with van der Waals surface area (Å²) in [5.74, 6) is -1.61. The van der Waals surface area contributed by atoms with E-state index in [0.717, 1.165) is 0 Å². The molecule has 0 spiro atoms. The molecule has 0 aromatic heterocycles. The first kappa shape index (κ1) is 47.3. The molecule has 0 saturated heterocycles. The summed E-state index contributed by atoms with van der Waals surface area (Å²) in [5.41, 5.74) is 11.0. The molecule has 0 aliphatic carbocycles. The topological polar surface area (TPSA) is 220 Å². The average Bonchev–Trinajstić information content (AvgIpc) is 2.48. The third-order valence-corrected chi connectivity index (χ3v) is 2.53. The second-order valence-electron chi connectivity index (χ2n) is 9.25. The fraction of sp³-hybridized carbons (Fsp3) is 0.810. The van der Waals surface area contributed by atoms with Gasteiger partial charge in [-0.1, -0.05) is 13.0 Å². The van der Waals surface area contributed by atoms with Crippen LogP contribution in [0.3, 0.4) is 0 Å². The Morgan fingerprint density at radius 3 is 1.34 bits per heavy atom. The minimum atomic E-state index is -4.67. The van der Waals surface area contributed by atoms with E-state index in [1.807, 2.05) is 55.4 Å². The lowest BCUT2D eigenvalue weighted by atomic mass is 10.1. The first-order valence-electron chi connectivity index (χ1n) is 9.86. The Bertz CT molecular complexity index is 675. The van der Waals surface area contributed by atoms with E-state index >= 15 is 0 Å². The number of carbonyl (C=O) groups is 2. The Kier molecular flexibility index (Phi) is 28.7. The molecule has 14 heteroatoms. The van der Waals surface area contributed by atoms with Crippen LogP contribution in [-0.4, -0.2) is 75.2 Å². The van der Waals surface area contributed by atoms with Gasteiger partial charge in [-0.15, -0.1) is 30.6 Å². The Balaban J connectivity index is -0.0000000927. The number of esters is 1. The summed E-state index contributed by atoms with van der Waals surface area (Å²) in [6.07, 6.45) is -1.35. The van der Waals surface area contributed by atoms with Gasteiger partial charge in [0.1, 0.15) is 17.7 Å². The molecule has 0 saturated carbocycles. The fourth-order valence-electron chi connectivity index (χ4n) is 1.40. The summed E-state index contributed by atoms with van der Waals surface area (Å²) >= 11 is 0. The van der Waals surface area contributed by atoms with Crippen molar-refractivity contribution < 1.29 is 46.8 Å². The number of nitrogens with two attached hydrogens (primary N) is 2. The molecule has 0 aliphatic heterocycles. The van der Waals surface area contributed by atoms with Gasteiger partial charge in [-0.2, -0.15) is 8.42 Å². The van der Waals surface area contributed by atoms with Gasteiger partial charge in [0.25, 0.3) is 0 Å². The number of hydrogen-bond acceptors (Lipinski definition) is 9. The van der Waals surface area contributed by atoms with Crippen molar-refractivity contribution in [2.75, 3.05) is 0 Å². The van der Waals surface area contributed by atoms with Crippen molar-refractivity contribution in [3.63, 3.8) is 0 Å². The first-order valence-corrected chi connectivity index (χ1v) is 11.3. The fourth-order valence-corrected chi connectivity index (χ4v) is 1.40. The van der Waals surface area contributed by atoms with Crippen LogP contribution in [-0.2, 0) is 29.5 Å². The molecule has 0 aliphatic rings. The Morgan fingerprint density at radius 2 is 1.20 bits per heavy atom. The number of allylic oxidation sites excluding steroid dienone is 1. The number of aliphatic hydroxyl groups excluding tert-OH is 1. The predicted octanol–water partition coefficient (Wildman–Crippen LogP) is 2.82. The van der Waals surface area contributed by atoms with Crippen LogP contribution in [0.5, 0.6) is 0 Å². The molecule has 4 atom stereocenters. The zero-order valence-electron chi connectivity index (χ0n) is 21.7. The Labute approximate surface area is 228 Å². The molecule has 0 rings (SSSR count). The lowest BCUT2D eigenvalue weighted by Crippen LogP contribution is -2.47. The van der Waals surface area contributed by atoms with Crippen LogP contribution in [0.2, 0.25) is 0 Å². The van der Waals surface area contributed by atoms with Crippen molar-refractivity contribution in [1.29, 1.82) is 0 Å². The number of carboxylic acids is 1. The lowest BCUT2D eigenvalue weighted by molar-refractivity contribution is -0.162. The van der Waals surface area contributed by atoms with E-state index in [1.54, 1.807) is 6.92 Å². The molecule has 0 bridgehead atoms. The molecule has 0 unspecified atom stereocenters. The van der Waals surface area contributed by atoms with E-state index in [9.17, 15) is 9.59 Å². The maximum Gasteiger partial charge on any atom is 0.394 e. The molecule has 0 aromatic carbocycles. The van der Waals surface area contributed by atoms with Crippen molar-refractivity contribution in [3.05, 3.63) is 12.2 Å².